The number of halogens is 1. The van der Waals surface area contributed by atoms with E-state index in [0.29, 0.717) is 21.5 Å². The average molecular weight is 195 g/mol. The summed E-state index contributed by atoms with van der Waals surface area (Å²) in [6.07, 6.45) is 1.46. The highest BCUT2D eigenvalue weighted by Crippen LogP contribution is 2.21. The molecular weight excluding hydrogens is 188 g/mol. The summed E-state index contributed by atoms with van der Waals surface area (Å²) in [6, 6.07) is 5.02. The van der Waals surface area contributed by atoms with Crippen LogP contribution in [0.5, 0.6) is 0 Å². The number of nitrogens with one attached hydrogen (secondary N) is 1. The van der Waals surface area contributed by atoms with Gasteiger partial charge in [-0.3, -0.25) is 4.79 Å². The molecule has 0 bridgehead atoms. The Kier molecular flexibility index (Phi) is 1.74. The molecule has 0 atom stereocenters. The fraction of sp³-hybridized carbons (Fsp3) is 0. The maximum absolute atomic E-state index is 11.3. The van der Waals surface area contributed by atoms with Gasteiger partial charge in [-0.05, 0) is 18.2 Å². The number of nitrogens with two attached hydrogens (primary N) is 1. The molecular formula is C9H7ClN2O. The average Bonchev–Trinajstić information content (AvgIpc) is 2.12. The summed E-state index contributed by atoms with van der Waals surface area (Å²) in [7, 11) is 0. The molecule has 1 heterocycles. The number of pyridine rings is 1. The minimum atomic E-state index is -0.153. The van der Waals surface area contributed by atoms with Crippen molar-refractivity contribution in [3.05, 3.63) is 39.8 Å². The van der Waals surface area contributed by atoms with Gasteiger partial charge in [-0.15, -0.1) is 0 Å². The van der Waals surface area contributed by atoms with E-state index < -0.39 is 0 Å². The third kappa shape index (κ3) is 1.27. The molecule has 0 saturated carbocycles. The molecule has 0 spiro atoms. The number of aromatic amines is 1. The van der Waals surface area contributed by atoms with E-state index in [9.17, 15) is 4.79 Å². The van der Waals surface area contributed by atoms with E-state index in [-0.39, 0.29) is 5.56 Å². The summed E-state index contributed by atoms with van der Waals surface area (Å²) in [6.45, 7) is 0. The fourth-order valence-electron chi connectivity index (χ4n) is 1.24. The van der Waals surface area contributed by atoms with E-state index >= 15 is 0 Å². The Morgan fingerprint density at radius 2 is 2.08 bits per heavy atom. The van der Waals surface area contributed by atoms with Gasteiger partial charge in [0.1, 0.15) is 0 Å². The van der Waals surface area contributed by atoms with Crippen molar-refractivity contribution in [3.63, 3.8) is 0 Å². The van der Waals surface area contributed by atoms with Crippen LogP contribution in [0, 0.1) is 0 Å². The first-order chi connectivity index (χ1) is 6.18. The van der Waals surface area contributed by atoms with Crippen LogP contribution in [0.2, 0.25) is 5.02 Å². The smallest absolute Gasteiger partial charge is 0.255 e. The molecule has 2 aromatic rings. The second-order valence-electron chi connectivity index (χ2n) is 2.77. The summed E-state index contributed by atoms with van der Waals surface area (Å²) in [5.41, 5.74) is 6.02. The molecule has 0 aliphatic heterocycles. The van der Waals surface area contributed by atoms with Crippen LogP contribution in [0.15, 0.2) is 29.2 Å². The van der Waals surface area contributed by atoms with E-state index in [0.717, 1.165) is 0 Å². The summed E-state index contributed by atoms with van der Waals surface area (Å²) >= 11 is 5.88. The van der Waals surface area contributed by atoms with Crippen LogP contribution in [-0.4, -0.2) is 4.98 Å². The maximum atomic E-state index is 11.3. The van der Waals surface area contributed by atoms with Crippen LogP contribution in [0.3, 0.4) is 0 Å². The molecule has 0 fully saturated rings. The summed E-state index contributed by atoms with van der Waals surface area (Å²) in [5.74, 6) is 0. The number of H-pyrrole nitrogens is 1. The van der Waals surface area contributed by atoms with Gasteiger partial charge < -0.3 is 10.7 Å². The van der Waals surface area contributed by atoms with Gasteiger partial charge in [-0.1, -0.05) is 11.6 Å². The topological polar surface area (TPSA) is 58.9 Å². The zero-order valence-electron chi connectivity index (χ0n) is 6.67. The molecule has 1 aromatic carbocycles. The Morgan fingerprint density at radius 3 is 2.85 bits per heavy atom. The second-order valence-corrected chi connectivity index (χ2v) is 3.18. The SMILES string of the molecule is Nc1ccc2c(=O)[nH]cc(Cl)c2c1. The summed E-state index contributed by atoms with van der Waals surface area (Å²) < 4.78 is 0. The zero-order valence-corrected chi connectivity index (χ0v) is 7.43. The third-order valence-corrected chi connectivity index (χ3v) is 2.19. The van der Waals surface area contributed by atoms with Crippen LogP contribution in [0.4, 0.5) is 5.69 Å². The lowest BCUT2D eigenvalue weighted by atomic mass is 10.1. The number of anilines is 1. The molecule has 4 heteroatoms. The van der Waals surface area contributed by atoms with Crippen molar-refractivity contribution in [3.8, 4) is 0 Å². The standard InChI is InChI=1S/C9H7ClN2O/c10-8-4-12-9(13)6-2-1-5(11)3-7(6)8/h1-4H,11H2,(H,12,13). The van der Waals surface area contributed by atoms with Gasteiger partial charge in [-0.2, -0.15) is 0 Å². The molecule has 0 aliphatic carbocycles. The number of rotatable bonds is 0. The van der Waals surface area contributed by atoms with Gasteiger partial charge in [0.15, 0.2) is 0 Å². The lowest BCUT2D eigenvalue weighted by Gasteiger charge is -1.99. The Morgan fingerprint density at radius 1 is 1.31 bits per heavy atom. The number of hydrogen-bond donors (Lipinski definition) is 2. The highest BCUT2D eigenvalue weighted by Gasteiger charge is 2.02. The van der Waals surface area contributed by atoms with Crippen LogP contribution in [-0.2, 0) is 0 Å². The van der Waals surface area contributed by atoms with Gasteiger partial charge >= 0.3 is 0 Å². The van der Waals surface area contributed by atoms with Crippen molar-refractivity contribution in [1.29, 1.82) is 0 Å². The van der Waals surface area contributed by atoms with Crippen molar-refractivity contribution in [2.24, 2.45) is 0 Å². The van der Waals surface area contributed by atoms with Crippen LogP contribution >= 0.6 is 11.6 Å². The lowest BCUT2D eigenvalue weighted by Crippen LogP contribution is -2.05. The van der Waals surface area contributed by atoms with Gasteiger partial charge in [0.05, 0.1) is 5.02 Å². The minimum Gasteiger partial charge on any atom is -0.399 e. The minimum absolute atomic E-state index is 0.153. The number of aromatic nitrogens is 1. The lowest BCUT2D eigenvalue weighted by molar-refractivity contribution is 1.28. The van der Waals surface area contributed by atoms with E-state index in [1.165, 1.54) is 6.20 Å². The predicted molar refractivity (Wildman–Crippen MR) is 54.0 cm³/mol. The molecule has 0 aliphatic rings. The van der Waals surface area contributed by atoms with Crippen molar-refractivity contribution in [1.82, 2.24) is 4.98 Å². The number of hydrogen-bond acceptors (Lipinski definition) is 2. The van der Waals surface area contributed by atoms with Crippen molar-refractivity contribution in [2.75, 3.05) is 5.73 Å². The molecule has 1 aromatic heterocycles. The molecule has 66 valence electrons. The van der Waals surface area contributed by atoms with Crippen LogP contribution in [0.1, 0.15) is 0 Å². The molecule has 3 N–H and O–H groups in total. The first-order valence-corrected chi connectivity index (χ1v) is 4.13. The van der Waals surface area contributed by atoms with Gasteiger partial charge in [0, 0.05) is 22.7 Å². The number of benzene rings is 1. The maximum Gasteiger partial charge on any atom is 0.255 e. The highest BCUT2D eigenvalue weighted by molar-refractivity contribution is 6.35. The Bertz CT molecular complexity index is 518. The molecule has 13 heavy (non-hydrogen) atoms. The predicted octanol–water partition coefficient (Wildman–Crippen LogP) is 1.76. The van der Waals surface area contributed by atoms with E-state index in [4.69, 9.17) is 17.3 Å². The van der Waals surface area contributed by atoms with Gasteiger partial charge in [0.25, 0.3) is 5.56 Å². The van der Waals surface area contributed by atoms with E-state index in [1.807, 2.05) is 0 Å². The van der Waals surface area contributed by atoms with Crippen LogP contribution in [0.25, 0.3) is 10.8 Å². The highest BCUT2D eigenvalue weighted by atomic mass is 35.5. The molecule has 2 rings (SSSR count). The molecule has 0 unspecified atom stereocenters. The molecule has 0 amide bonds. The van der Waals surface area contributed by atoms with Crippen molar-refractivity contribution < 1.29 is 0 Å². The Hall–Kier alpha value is -1.48. The molecule has 3 nitrogen and oxygen atoms in total. The van der Waals surface area contributed by atoms with Crippen molar-refractivity contribution in [2.45, 2.75) is 0 Å². The van der Waals surface area contributed by atoms with E-state index in [1.54, 1.807) is 18.2 Å². The summed E-state index contributed by atoms with van der Waals surface area (Å²) in [4.78, 5) is 13.8. The number of nitrogen functional groups attached to an aromatic ring is 1. The van der Waals surface area contributed by atoms with Crippen molar-refractivity contribution >= 4 is 28.1 Å². The normalized spacial score (nSPS) is 10.5. The fourth-order valence-corrected chi connectivity index (χ4v) is 1.45. The first-order valence-electron chi connectivity index (χ1n) is 3.75. The van der Waals surface area contributed by atoms with E-state index in [2.05, 4.69) is 4.98 Å². The van der Waals surface area contributed by atoms with Gasteiger partial charge in [-0.25, -0.2) is 0 Å². The first kappa shape index (κ1) is 8.13. The van der Waals surface area contributed by atoms with Gasteiger partial charge in [0.2, 0.25) is 0 Å². The largest absolute Gasteiger partial charge is 0.399 e. The number of fused-ring (bicyclic) bond motifs is 1. The third-order valence-electron chi connectivity index (χ3n) is 1.88. The zero-order chi connectivity index (χ0) is 9.42. The Labute approximate surface area is 79.1 Å². The van der Waals surface area contributed by atoms with Crippen LogP contribution < -0.4 is 11.3 Å². The quantitative estimate of drug-likeness (QED) is 0.628. The Balaban J connectivity index is 3.01. The monoisotopic (exact) mass is 194 g/mol. The summed E-state index contributed by atoms with van der Waals surface area (Å²) in [5, 5.41) is 1.74. The molecule has 0 radical (unpaired) electrons. The second kappa shape index (κ2) is 2.78. The molecule has 0 saturated heterocycles.